The van der Waals surface area contributed by atoms with Crippen LogP contribution in [0.4, 0.5) is 14.5 Å². The number of carbonyl (C=O) groups is 1. The first-order valence-corrected chi connectivity index (χ1v) is 6.37. The van der Waals surface area contributed by atoms with Crippen molar-refractivity contribution in [1.29, 1.82) is 0 Å². The lowest BCUT2D eigenvalue weighted by molar-refractivity contribution is -0.142. The lowest BCUT2D eigenvalue weighted by Crippen LogP contribution is -2.40. The van der Waals surface area contributed by atoms with Crippen molar-refractivity contribution in [1.82, 2.24) is 0 Å². The molecule has 0 radical (unpaired) electrons. The smallest absolute Gasteiger partial charge is 0.333 e. The molecule has 1 unspecified atom stereocenters. The average Bonchev–Trinajstić information content (AvgIpc) is 2.44. The van der Waals surface area contributed by atoms with E-state index in [1.165, 1.54) is 13.0 Å². The molecule has 2 rings (SSSR count). The Morgan fingerprint density at radius 3 is 2.38 bits per heavy atom. The van der Waals surface area contributed by atoms with Gasteiger partial charge in [0.15, 0.2) is 17.2 Å². The van der Waals surface area contributed by atoms with Crippen LogP contribution in [0.1, 0.15) is 18.1 Å². The summed E-state index contributed by atoms with van der Waals surface area (Å²) in [5, 5.41) is 12.4. The molecule has 0 aromatic heterocycles. The highest BCUT2D eigenvalue weighted by molar-refractivity contribution is 5.84. The number of benzene rings is 2. The van der Waals surface area contributed by atoms with E-state index in [9.17, 15) is 18.7 Å². The molecule has 0 saturated heterocycles. The van der Waals surface area contributed by atoms with Gasteiger partial charge >= 0.3 is 5.97 Å². The summed E-state index contributed by atoms with van der Waals surface area (Å²) in [6.45, 7) is 3.24. The Bertz CT molecular complexity index is 688. The fraction of sp³-hybridized carbons (Fsp3) is 0.188. The number of halogens is 2. The number of rotatable bonds is 4. The molecule has 2 aromatic carbocycles. The normalized spacial score (nSPS) is 13.5. The molecule has 5 heteroatoms. The van der Waals surface area contributed by atoms with Crippen LogP contribution in [0.15, 0.2) is 42.5 Å². The summed E-state index contributed by atoms with van der Waals surface area (Å²) in [5.41, 5.74) is 0.0394. The summed E-state index contributed by atoms with van der Waals surface area (Å²) in [6.07, 6.45) is 0. The zero-order chi connectivity index (χ0) is 15.6. The summed E-state index contributed by atoms with van der Waals surface area (Å²) >= 11 is 0. The van der Waals surface area contributed by atoms with E-state index in [0.29, 0.717) is 5.69 Å². The first kappa shape index (κ1) is 15.0. The molecule has 0 aliphatic rings. The van der Waals surface area contributed by atoms with Gasteiger partial charge in [0.2, 0.25) is 0 Å². The van der Waals surface area contributed by atoms with Gasteiger partial charge in [-0.25, -0.2) is 13.6 Å². The number of anilines is 1. The van der Waals surface area contributed by atoms with Crippen LogP contribution in [0.5, 0.6) is 0 Å². The number of carboxylic acids is 1. The Kier molecular flexibility index (Phi) is 3.93. The average molecular weight is 291 g/mol. The lowest BCUT2D eigenvalue weighted by atomic mass is 9.91. The van der Waals surface area contributed by atoms with E-state index in [1.807, 2.05) is 19.1 Å². The van der Waals surface area contributed by atoms with Crippen LogP contribution in [-0.2, 0) is 10.3 Å². The van der Waals surface area contributed by atoms with E-state index in [4.69, 9.17) is 0 Å². The highest BCUT2D eigenvalue weighted by atomic mass is 19.2. The Balaban J connectivity index is 2.48. The largest absolute Gasteiger partial charge is 0.479 e. The van der Waals surface area contributed by atoms with Crippen molar-refractivity contribution in [3.8, 4) is 0 Å². The summed E-state index contributed by atoms with van der Waals surface area (Å²) in [6, 6.07) is 10.2. The molecular weight excluding hydrogens is 276 g/mol. The van der Waals surface area contributed by atoms with E-state index in [0.717, 1.165) is 17.7 Å². The predicted octanol–water partition coefficient (Wildman–Crippen LogP) is 3.69. The molecule has 2 N–H and O–H groups in total. The van der Waals surface area contributed by atoms with E-state index in [1.54, 1.807) is 12.1 Å². The van der Waals surface area contributed by atoms with E-state index in [-0.39, 0.29) is 5.56 Å². The standard InChI is InChI=1S/C16H15F2NO2/c1-10-5-3-4-6-14(10)19-16(2,15(20)21)11-7-8-12(17)13(18)9-11/h3-9,19H,1-2H3,(H,20,21). The quantitative estimate of drug-likeness (QED) is 0.903. The van der Waals surface area contributed by atoms with Crippen LogP contribution < -0.4 is 5.32 Å². The third-order valence-electron chi connectivity index (χ3n) is 3.45. The minimum atomic E-state index is -1.57. The molecule has 0 aliphatic carbocycles. The van der Waals surface area contributed by atoms with Gasteiger partial charge in [-0.1, -0.05) is 24.3 Å². The first-order chi connectivity index (χ1) is 9.84. The highest BCUT2D eigenvalue weighted by Crippen LogP contribution is 2.29. The number of aliphatic carboxylic acids is 1. The second-order valence-corrected chi connectivity index (χ2v) is 5.00. The van der Waals surface area contributed by atoms with Gasteiger partial charge in [0.05, 0.1) is 0 Å². The second kappa shape index (κ2) is 5.52. The second-order valence-electron chi connectivity index (χ2n) is 5.00. The number of aryl methyl sites for hydroxylation is 1. The van der Waals surface area contributed by atoms with Crippen molar-refractivity contribution in [3.05, 3.63) is 65.2 Å². The fourth-order valence-corrected chi connectivity index (χ4v) is 2.04. The number of para-hydroxylation sites is 1. The molecule has 110 valence electrons. The number of hydrogen-bond donors (Lipinski definition) is 2. The van der Waals surface area contributed by atoms with E-state index < -0.39 is 23.1 Å². The van der Waals surface area contributed by atoms with Crippen molar-refractivity contribution in [3.63, 3.8) is 0 Å². The van der Waals surface area contributed by atoms with Crippen LogP contribution >= 0.6 is 0 Å². The molecule has 0 amide bonds. The van der Waals surface area contributed by atoms with Crippen molar-refractivity contribution in [2.45, 2.75) is 19.4 Å². The van der Waals surface area contributed by atoms with Gasteiger partial charge in [0, 0.05) is 5.69 Å². The molecular formula is C16H15F2NO2. The zero-order valence-electron chi connectivity index (χ0n) is 11.7. The highest BCUT2D eigenvalue weighted by Gasteiger charge is 2.36. The topological polar surface area (TPSA) is 49.3 Å². The molecule has 3 nitrogen and oxygen atoms in total. The summed E-state index contributed by atoms with van der Waals surface area (Å²) < 4.78 is 26.4. The Morgan fingerprint density at radius 1 is 1.14 bits per heavy atom. The predicted molar refractivity (Wildman–Crippen MR) is 76.1 cm³/mol. The summed E-state index contributed by atoms with van der Waals surface area (Å²) in [5.74, 6) is -3.27. The molecule has 0 saturated carbocycles. The zero-order valence-corrected chi connectivity index (χ0v) is 11.7. The van der Waals surface area contributed by atoms with Crippen LogP contribution in [-0.4, -0.2) is 11.1 Å². The maximum Gasteiger partial charge on any atom is 0.333 e. The molecule has 0 spiro atoms. The van der Waals surface area contributed by atoms with Crippen LogP contribution in [0.25, 0.3) is 0 Å². The summed E-state index contributed by atoms with van der Waals surface area (Å²) in [4.78, 5) is 11.7. The van der Waals surface area contributed by atoms with Crippen LogP contribution in [0, 0.1) is 18.6 Å². The van der Waals surface area contributed by atoms with Gasteiger partial charge in [-0.2, -0.15) is 0 Å². The number of hydrogen-bond acceptors (Lipinski definition) is 2. The van der Waals surface area contributed by atoms with Crippen molar-refractivity contribution >= 4 is 11.7 Å². The van der Waals surface area contributed by atoms with Crippen molar-refractivity contribution in [2.24, 2.45) is 0 Å². The van der Waals surface area contributed by atoms with Gasteiger partial charge in [-0.15, -0.1) is 0 Å². The molecule has 0 aliphatic heterocycles. The van der Waals surface area contributed by atoms with E-state index >= 15 is 0 Å². The van der Waals surface area contributed by atoms with Crippen LogP contribution in [0.3, 0.4) is 0 Å². The Labute approximate surface area is 121 Å². The molecule has 2 aromatic rings. The molecule has 21 heavy (non-hydrogen) atoms. The summed E-state index contributed by atoms with van der Waals surface area (Å²) in [7, 11) is 0. The fourth-order valence-electron chi connectivity index (χ4n) is 2.04. The van der Waals surface area contributed by atoms with Gasteiger partial charge < -0.3 is 10.4 Å². The Morgan fingerprint density at radius 2 is 1.81 bits per heavy atom. The lowest BCUT2D eigenvalue weighted by Gasteiger charge is -2.29. The maximum absolute atomic E-state index is 13.4. The number of nitrogens with one attached hydrogen (secondary N) is 1. The van der Waals surface area contributed by atoms with Crippen LogP contribution in [0.2, 0.25) is 0 Å². The van der Waals surface area contributed by atoms with Crippen molar-refractivity contribution in [2.75, 3.05) is 5.32 Å². The minimum absolute atomic E-state index is 0.136. The van der Waals surface area contributed by atoms with Gasteiger partial charge in [-0.05, 0) is 43.2 Å². The van der Waals surface area contributed by atoms with E-state index in [2.05, 4.69) is 5.32 Å². The van der Waals surface area contributed by atoms with Gasteiger partial charge in [-0.3, -0.25) is 0 Å². The molecule has 0 heterocycles. The third-order valence-corrected chi connectivity index (χ3v) is 3.45. The van der Waals surface area contributed by atoms with Crippen molar-refractivity contribution < 1.29 is 18.7 Å². The van der Waals surface area contributed by atoms with Gasteiger partial charge in [0.1, 0.15) is 0 Å². The third kappa shape index (κ3) is 2.86. The molecule has 0 bridgehead atoms. The molecule has 1 atom stereocenters. The first-order valence-electron chi connectivity index (χ1n) is 6.37. The number of carboxylic acid groups (broad SMARTS) is 1. The Hall–Kier alpha value is -2.43. The minimum Gasteiger partial charge on any atom is -0.479 e. The monoisotopic (exact) mass is 291 g/mol. The van der Waals surface area contributed by atoms with Gasteiger partial charge in [0.25, 0.3) is 0 Å². The molecule has 0 fully saturated rings. The maximum atomic E-state index is 13.4. The SMILES string of the molecule is Cc1ccccc1NC(C)(C(=O)O)c1ccc(F)c(F)c1.